The summed E-state index contributed by atoms with van der Waals surface area (Å²) in [6.45, 7) is 3.29. The zero-order valence-corrected chi connectivity index (χ0v) is 19.6. The minimum Gasteiger partial charge on any atom is -0.495 e. The van der Waals surface area contributed by atoms with Crippen molar-refractivity contribution in [2.45, 2.75) is 19.9 Å². The molecule has 0 aliphatic rings. The van der Waals surface area contributed by atoms with Crippen molar-refractivity contribution in [3.63, 3.8) is 0 Å². The number of rotatable bonds is 8. The van der Waals surface area contributed by atoms with Crippen LogP contribution in [0.4, 0.5) is 11.4 Å². The number of carbonyl (C=O) groups is 2. The summed E-state index contributed by atoms with van der Waals surface area (Å²) in [5.41, 5.74) is 0.549. The van der Waals surface area contributed by atoms with Gasteiger partial charge in [0.25, 0.3) is 0 Å². The van der Waals surface area contributed by atoms with Gasteiger partial charge in [0.2, 0.25) is 15.9 Å². The number of esters is 1. The average Bonchev–Trinajstić information content (AvgIpc) is 2.67. The van der Waals surface area contributed by atoms with Crippen molar-refractivity contribution in [3.05, 3.63) is 52.0 Å². The van der Waals surface area contributed by atoms with E-state index in [-0.39, 0.29) is 39.3 Å². The molecule has 8 nitrogen and oxygen atoms in total. The normalized spacial score (nSPS) is 12.1. The van der Waals surface area contributed by atoms with Crippen molar-refractivity contribution in [1.82, 2.24) is 0 Å². The molecule has 0 aliphatic heterocycles. The van der Waals surface area contributed by atoms with Crippen LogP contribution >= 0.6 is 23.2 Å². The minimum absolute atomic E-state index is 0.0837. The molecule has 168 valence electrons. The number of benzene rings is 2. The lowest BCUT2D eigenvalue weighted by Crippen LogP contribution is -2.45. The lowest BCUT2D eigenvalue weighted by molar-refractivity contribution is -0.116. The molecular formula is C20H22Cl2N2O6S. The van der Waals surface area contributed by atoms with E-state index in [1.54, 1.807) is 13.0 Å². The second-order valence-electron chi connectivity index (χ2n) is 6.46. The monoisotopic (exact) mass is 488 g/mol. The van der Waals surface area contributed by atoms with Gasteiger partial charge in [0.15, 0.2) is 0 Å². The van der Waals surface area contributed by atoms with Crippen LogP contribution in [0.25, 0.3) is 0 Å². The van der Waals surface area contributed by atoms with Gasteiger partial charge >= 0.3 is 5.97 Å². The van der Waals surface area contributed by atoms with Crippen molar-refractivity contribution in [2.24, 2.45) is 0 Å². The average molecular weight is 489 g/mol. The Morgan fingerprint density at radius 1 is 1.16 bits per heavy atom. The number of methoxy groups -OCH3 is 1. The van der Waals surface area contributed by atoms with Crippen LogP contribution in [0.2, 0.25) is 10.0 Å². The summed E-state index contributed by atoms with van der Waals surface area (Å²) in [6.07, 6.45) is 0.974. The molecule has 0 unspecified atom stereocenters. The van der Waals surface area contributed by atoms with Crippen molar-refractivity contribution >= 4 is 56.5 Å². The summed E-state index contributed by atoms with van der Waals surface area (Å²) >= 11 is 12.2. The van der Waals surface area contributed by atoms with Crippen LogP contribution < -0.4 is 14.4 Å². The number of ether oxygens (including phenoxy) is 2. The molecule has 0 radical (unpaired) electrons. The standard InChI is InChI=1S/C20H22Cl2N2O6S/c1-5-30-20(26)15-8-7-14(11-16(15)22)23-19(25)12(2)24(31(4,27)28)17-10-13(21)6-9-18(17)29-3/h6-12H,5H2,1-4H3,(H,23,25)/t12-/m1/s1. The highest BCUT2D eigenvalue weighted by molar-refractivity contribution is 7.92. The number of hydrogen-bond acceptors (Lipinski definition) is 6. The van der Waals surface area contributed by atoms with Crippen molar-refractivity contribution < 1.29 is 27.5 Å². The Morgan fingerprint density at radius 2 is 1.84 bits per heavy atom. The second kappa shape index (κ2) is 10.2. The molecule has 1 amide bonds. The Labute approximate surface area is 191 Å². The van der Waals surface area contributed by atoms with Crippen LogP contribution in [-0.4, -0.2) is 46.3 Å². The molecule has 0 aromatic heterocycles. The van der Waals surface area contributed by atoms with E-state index in [1.807, 2.05) is 0 Å². The first-order chi connectivity index (χ1) is 14.5. The zero-order valence-electron chi connectivity index (χ0n) is 17.3. The number of sulfonamides is 1. The van der Waals surface area contributed by atoms with Crippen molar-refractivity contribution in [2.75, 3.05) is 29.6 Å². The van der Waals surface area contributed by atoms with Gasteiger partial charge in [-0.3, -0.25) is 9.10 Å². The maximum atomic E-state index is 12.9. The van der Waals surface area contributed by atoms with Crippen LogP contribution in [-0.2, 0) is 19.6 Å². The number of hydrogen-bond donors (Lipinski definition) is 1. The summed E-state index contributed by atoms with van der Waals surface area (Å²) in [6, 6.07) is 7.55. The van der Waals surface area contributed by atoms with E-state index in [0.29, 0.717) is 0 Å². The highest BCUT2D eigenvalue weighted by atomic mass is 35.5. The van der Waals surface area contributed by atoms with Crippen LogP contribution in [0, 0.1) is 0 Å². The molecule has 1 atom stereocenters. The maximum Gasteiger partial charge on any atom is 0.339 e. The van der Waals surface area contributed by atoms with E-state index in [4.69, 9.17) is 32.7 Å². The van der Waals surface area contributed by atoms with Crippen LogP contribution in [0.3, 0.4) is 0 Å². The first kappa shape index (κ1) is 24.8. The molecule has 1 N–H and O–H groups in total. The van der Waals surface area contributed by atoms with Gasteiger partial charge in [-0.25, -0.2) is 13.2 Å². The third kappa shape index (κ3) is 6.03. The van der Waals surface area contributed by atoms with Crippen molar-refractivity contribution in [1.29, 1.82) is 0 Å². The van der Waals surface area contributed by atoms with E-state index in [0.717, 1.165) is 10.6 Å². The van der Waals surface area contributed by atoms with Gasteiger partial charge in [-0.15, -0.1) is 0 Å². The molecule has 2 aromatic carbocycles. The molecule has 2 aromatic rings. The first-order valence-corrected chi connectivity index (χ1v) is 11.7. The van der Waals surface area contributed by atoms with Gasteiger partial charge in [-0.1, -0.05) is 23.2 Å². The zero-order chi connectivity index (χ0) is 23.3. The SMILES string of the molecule is CCOC(=O)c1ccc(NC(=O)[C@@H](C)N(c2cc(Cl)ccc2OC)S(C)(=O)=O)cc1Cl. The fourth-order valence-electron chi connectivity index (χ4n) is 2.83. The highest BCUT2D eigenvalue weighted by Gasteiger charge is 2.31. The molecule has 0 bridgehead atoms. The number of anilines is 2. The number of nitrogens with one attached hydrogen (secondary N) is 1. The van der Waals surface area contributed by atoms with Crippen LogP contribution in [0.15, 0.2) is 36.4 Å². The molecule has 0 aliphatic carbocycles. The molecule has 31 heavy (non-hydrogen) atoms. The smallest absolute Gasteiger partial charge is 0.339 e. The lowest BCUT2D eigenvalue weighted by atomic mass is 10.2. The van der Waals surface area contributed by atoms with Gasteiger partial charge in [-0.05, 0) is 50.2 Å². The van der Waals surface area contributed by atoms with Crippen LogP contribution in [0.5, 0.6) is 5.75 Å². The molecule has 0 heterocycles. The van der Waals surface area contributed by atoms with Crippen molar-refractivity contribution in [3.8, 4) is 5.75 Å². The van der Waals surface area contributed by atoms with Gasteiger partial charge < -0.3 is 14.8 Å². The third-order valence-electron chi connectivity index (χ3n) is 4.20. The second-order valence-corrected chi connectivity index (χ2v) is 9.16. The maximum absolute atomic E-state index is 12.9. The van der Waals surface area contributed by atoms with Crippen LogP contribution in [0.1, 0.15) is 24.2 Å². The number of nitrogens with zero attached hydrogens (tertiary/aromatic N) is 1. The predicted molar refractivity (Wildman–Crippen MR) is 121 cm³/mol. The van der Waals surface area contributed by atoms with E-state index >= 15 is 0 Å². The summed E-state index contributed by atoms with van der Waals surface area (Å²) < 4.78 is 36.1. The van der Waals surface area contributed by atoms with E-state index in [9.17, 15) is 18.0 Å². The summed E-state index contributed by atoms with van der Waals surface area (Å²) in [7, 11) is -2.51. The van der Waals surface area contributed by atoms with Gasteiger partial charge in [0.05, 0.1) is 36.2 Å². The Bertz CT molecular complexity index is 1090. The molecule has 0 saturated heterocycles. The summed E-state index contributed by atoms with van der Waals surface area (Å²) in [4.78, 5) is 24.7. The van der Waals surface area contributed by atoms with E-state index in [2.05, 4.69) is 5.32 Å². The molecule has 0 spiro atoms. The topological polar surface area (TPSA) is 102 Å². The Balaban J connectivity index is 2.34. The third-order valence-corrected chi connectivity index (χ3v) is 5.97. The minimum atomic E-state index is -3.89. The molecular weight excluding hydrogens is 467 g/mol. The molecule has 2 rings (SSSR count). The summed E-state index contributed by atoms with van der Waals surface area (Å²) in [5.74, 6) is -0.987. The number of amides is 1. The number of halogens is 2. The largest absolute Gasteiger partial charge is 0.495 e. The predicted octanol–water partition coefficient (Wildman–Crippen LogP) is 3.97. The molecule has 0 saturated carbocycles. The molecule has 0 fully saturated rings. The summed E-state index contributed by atoms with van der Waals surface area (Å²) in [5, 5.41) is 2.96. The van der Waals surface area contributed by atoms with E-state index in [1.165, 1.54) is 44.4 Å². The fourth-order valence-corrected chi connectivity index (χ4v) is 4.42. The quantitative estimate of drug-likeness (QED) is 0.563. The lowest BCUT2D eigenvalue weighted by Gasteiger charge is -2.29. The number of carbonyl (C=O) groups excluding carboxylic acids is 2. The van der Waals surface area contributed by atoms with Gasteiger partial charge in [-0.2, -0.15) is 0 Å². The Kier molecular flexibility index (Phi) is 8.16. The molecule has 11 heteroatoms. The Morgan fingerprint density at radius 3 is 2.39 bits per heavy atom. The van der Waals surface area contributed by atoms with Gasteiger partial charge in [0, 0.05) is 10.7 Å². The first-order valence-electron chi connectivity index (χ1n) is 9.10. The fraction of sp³-hybridized carbons (Fsp3) is 0.300. The van der Waals surface area contributed by atoms with E-state index < -0.39 is 27.9 Å². The highest BCUT2D eigenvalue weighted by Crippen LogP contribution is 2.34. The Hall–Kier alpha value is -2.49. The van der Waals surface area contributed by atoms with Gasteiger partial charge in [0.1, 0.15) is 11.8 Å².